The maximum absolute atomic E-state index is 8.59. The molecule has 0 bridgehead atoms. The summed E-state index contributed by atoms with van der Waals surface area (Å²) >= 11 is 1.80. The molecule has 1 aromatic carbocycles. The second-order valence-corrected chi connectivity index (χ2v) is 4.44. The van der Waals surface area contributed by atoms with Crippen LogP contribution in [0.2, 0.25) is 0 Å². The van der Waals surface area contributed by atoms with Gasteiger partial charge in [-0.05, 0) is 36.4 Å². The second-order valence-electron chi connectivity index (χ2n) is 3.21. The van der Waals surface area contributed by atoms with Gasteiger partial charge >= 0.3 is 0 Å². The Hall–Kier alpha value is -0.870. The Balaban J connectivity index is 2.12. The molecule has 1 N–H and O–H groups in total. The van der Waals surface area contributed by atoms with Gasteiger partial charge < -0.3 is 14.6 Å². The molecule has 1 rings (SSSR count). The van der Waals surface area contributed by atoms with E-state index < -0.39 is 0 Å². The summed E-state index contributed by atoms with van der Waals surface area (Å²) in [7, 11) is 1.65. The first-order valence-electron chi connectivity index (χ1n) is 5.32. The zero-order valence-corrected chi connectivity index (χ0v) is 10.3. The van der Waals surface area contributed by atoms with Crippen LogP contribution in [-0.4, -0.2) is 36.9 Å². The number of thioether (sulfide) groups is 1. The van der Waals surface area contributed by atoms with Crippen molar-refractivity contribution in [1.82, 2.24) is 0 Å². The molecule has 0 aromatic heterocycles. The number of ether oxygens (including phenoxy) is 2. The van der Waals surface area contributed by atoms with Gasteiger partial charge in [-0.1, -0.05) is 0 Å². The van der Waals surface area contributed by atoms with E-state index in [0.717, 1.165) is 29.4 Å². The quantitative estimate of drug-likeness (QED) is 0.709. The third-order valence-corrected chi connectivity index (χ3v) is 3.04. The van der Waals surface area contributed by atoms with Gasteiger partial charge in [0.05, 0.1) is 13.7 Å². The summed E-state index contributed by atoms with van der Waals surface area (Å²) in [5.41, 5.74) is 0. The Kier molecular flexibility index (Phi) is 6.85. The predicted molar refractivity (Wildman–Crippen MR) is 67.5 cm³/mol. The summed E-state index contributed by atoms with van der Waals surface area (Å²) < 4.78 is 10.6. The molecule has 0 aliphatic heterocycles. The molecule has 0 aliphatic rings. The highest BCUT2D eigenvalue weighted by Crippen LogP contribution is 2.17. The standard InChI is InChI=1S/C12H18O3S/c1-14-11-3-5-12(6-4-11)15-8-10-16-9-2-7-13/h3-6,13H,2,7-10H2,1H3. The summed E-state index contributed by atoms with van der Waals surface area (Å²) in [6, 6.07) is 7.57. The molecule has 0 saturated heterocycles. The number of aliphatic hydroxyl groups excluding tert-OH is 1. The normalized spacial score (nSPS) is 10.1. The van der Waals surface area contributed by atoms with Gasteiger partial charge in [0.2, 0.25) is 0 Å². The smallest absolute Gasteiger partial charge is 0.119 e. The molecule has 0 atom stereocenters. The fraction of sp³-hybridized carbons (Fsp3) is 0.500. The van der Waals surface area contributed by atoms with E-state index in [1.54, 1.807) is 18.9 Å². The van der Waals surface area contributed by atoms with Gasteiger partial charge in [0.25, 0.3) is 0 Å². The van der Waals surface area contributed by atoms with E-state index >= 15 is 0 Å². The number of methoxy groups -OCH3 is 1. The van der Waals surface area contributed by atoms with Crippen molar-refractivity contribution >= 4 is 11.8 Å². The van der Waals surface area contributed by atoms with Crippen molar-refractivity contribution in [1.29, 1.82) is 0 Å². The lowest BCUT2D eigenvalue weighted by molar-refractivity contribution is 0.296. The third-order valence-electron chi connectivity index (χ3n) is 2.00. The molecule has 0 heterocycles. The number of hydrogen-bond acceptors (Lipinski definition) is 4. The Morgan fingerprint density at radius 3 is 2.44 bits per heavy atom. The van der Waals surface area contributed by atoms with Crippen molar-refractivity contribution < 1.29 is 14.6 Å². The topological polar surface area (TPSA) is 38.7 Å². The van der Waals surface area contributed by atoms with Crippen LogP contribution in [0.3, 0.4) is 0 Å². The van der Waals surface area contributed by atoms with E-state index in [-0.39, 0.29) is 6.61 Å². The largest absolute Gasteiger partial charge is 0.497 e. The Bertz CT molecular complexity index is 274. The number of rotatable bonds is 8. The molecule has 3 nitrogen and oxygen atoms in total. The van der Waals surface area contributed by atoms with Crippen LogP contribution >= 0.6 is 11.8 Å². The Morgan fingerprint density at radius 1 is 1.12 bits per heavy atom. The second kappa shape index (κ2) is 8.30. The first-order valence-corrected chi connectivity index (χ1v) is 6.47. The van der Waals surface area contributed by atoms with Crippen LogP contribution in [0.4, 0.5) is 0 Å². The highest BCUT2D eigenvalue weighted by Gasteiger charge is 1.95. The molecule has 0 saturated carbocycles. The first kappa shape index (κ1) is 13.2. The molecule has 4 heteroatoms. The highest BCUT2D eigenvalue weighted by molar-refractivity contribution is 7.99. The van der Waals surface area contributed by atoms with Gasteiger partial charge in [-0.2, -0.15) is 11.8 Å². The third kappa shape index (κ3) is 5.28. The number of aliphatic hydroxyl groups is 1. The lowest BCUT2D eigenvalue weighted by atomic mass is 10.3. The molecule has 16 heavy (non-hydrogen) atoms. The minimum absolute atomic E-state index is 0.270. The van der Waals surface area contributed by atoms with Crippen LogP contribution in [0.15, 0.2) is 24.3 Å². The average molecular weight is 242 g/mol. The van der Waals surface area contributed by atoms with Gasteiger partial charge in [-0.15, -0.1) is 0 Å². The highest BCUT2D eigenvalue weighted by atomic mass is 32.2. The molecule has 0 spiro atoms. The van der Waals surface area contributed by atoms with Crippen LogP contribution < -0.4 is 9.47 Å². The number of hydrogen-bond donors (Lipinski definition) is 1. The lowest BCUT2D eigenvalue weighted by Crippen LogP contribution is -2.01. The van der Waals surface area contributed by atoms with E-state index in [1.165, 1.54) is 0 Å². The molecule has 0 aliphatic carbocycles. The molecule has 1 aromatic rings. The summed E-state index contributed by atoms with van der Waals surface area (Å²) in [5.74, 6) is 3.64. The summed E-state index contributed by atoms with van der Waals surface area (Å²) in [6.07, 6.45) is 0.854. The fourth-order valence-electron chi connectivity index (χ4n) is 1.16. The van der Waals surface area contributed by atoms with Gasteiger partial charge in [-0.3, -0.25) is 0 Å². The molecule has 0 radical (unpaired) electrons. The molecule has 0 unspecified atom stereocenters. The molecule has 90 valence electrons. The molecular weight excluding hydrogens is 224 g/mol. The van der Waals surface area contributed by atoms with E-state index in [1.807, 2.05) is 24.3 Å². The predicted octanol–water partition coefficient (Wildman–Crippen LogP) is 2.19. The Morgan fingerprint density at radius 2 is 1.81 bits per heavy atom. The number of benzene rings is 1. The average Bonchev–Trinajstić information content (AvgIpc) is 2.34. The molecule has 0 fully saturated rings. The maximum atomic E-state index is 8.59. The van der Waals surface area contributed by atoms with Gasteiger partial charge in [0, 0.05) is 12.4 Å². The minimum atomic E-state index is 0.270. The van der Waals surface area contributed by atoms with Gasteiger partial charge in [0.1, 0.15) is 11.5 Å². The monoisotopic (exact) mass is 242 g/mol. The van der Waals surface area contributed by atoms with Crippen LogP contribution in [0.5, 0.6) is 11.5 Å². The maximum Gasteiger partial charge on any atom is 0.119 e. The lowest BCUT2D eigenvalue weighted by Gasteiger charge is -2.06. The Labute approximate surface area is 101 Å². The summed E-state index contributed by atoms with van der Waals surface area (Å²) in [4.78, 5) is 0. The van der Waals surface area contributed by atoms with Crippen molar-refractivity contribution in [3.05, 3.63) is 24.3 Å². The summed E-state index contributed by atoms with van der Waals surface area (Å²) in [6.45, 7) is 0.967. The van der Waals surface area contributed by atoms with Crippen molar-refractivity contribution in [2.24, 2.45) is 0 Å². The zero-order chi connectivity index (χ0) is 11.6. The van der Waals surface area contributed by atoms with Crippen molar-refractivity contribution in [3.63, 3.8) is 0 Å². The van der Waals surface area contributed by atoms with Crippen LogP contribution in [0, 0.1) is 0 Å². The van der Waals surface area contributed by atoms with Crippen LogP contribution in [0.25, 0.3) is 0 Å². The van der Waals surface area contributed by atoms with Crippen LogP contribution in [-0.2, 0) is 0 Å². The van der Waals surface area contributed by atoms with Crippen molar-refractivity contribution in [3.8, 4) is 11.5 Å². The van der Waals surface area contributed by atoms with Gasteiger partial charge in [-0.25, -0.2) is 0 Å². The first-order chi connectivity index (χ1) is 7.86. The van der Waals surface area contributed by atoms with E-state index in [2.05, 4.69) is 0 Å². The minimum Gasteiger partial charge on any atom is -0.497 e. The SMILES string of the molecule is COc1ccc(OCCSCCCO)cc1. The van der Waals surface area contributed by atoms with E-state index in [4.69, 9.17) is 14.6 Å². The van der Waals surface area contributed by atoms with Gasteiger partial charge in [0.15, 0.2) is 0 Å². The van der Waals surface area contributed by atoms with Crippen LogP contribution in [0.1, 0.15) is 6.42 Å². The fourth-order valence-corrected chi connectivity index (χ4v) is 1.90. The zero-order valence-electron chi connectivity index (χ0n) is 9.52. The van der Waals surface area contributed by atoms with Crippen molar-refractivity contribution in [2.75, 3.05) is 31.8 Å². The summed E-state index contributed by atoms with van der Waals surface area (Å²) in [5, 5.41) is 8.59. The van der Waals surface area contributed by atoms with Crippen molar-refractivity contribution in [2.45, 2.75) is 6.42 Å². The van der Waals surface area contributed by atoms with E-state index in [0.29, 0.717) is 6.61 Å². The van der Waals surface area contributed by atoms with E-state index in [9.17, 15) is 0 Å². The molecular formula is C12H18O3S. The molecule has 0 amide bonds.